The zero-order valence-corrected chi connectivity index (χ0v) is 20.3. The number of rotatable bonds is 8. The molecule has 0 aliphatic carbocycles. The Hall–Kier alpha value is -4.17. The van der Waals surface area contributed by atoms with E-state index in [2.05, 4.69) is 5.18 Å². The molecule has 0 saturated heterocycles. The van der Waals surface area contributed by atoms with Crippen LogP contribution in [0.4, 0.5) is 8.78 Å². The molecule has 1 heterocycles. The summed E-state index contributed by atoms with van der Waals surface area (Å²) in [5.41, 5.74) is 1.93. The lowest BCUT2D eigenvalue weighted by Crippen LogP contribution is -2.16. The summed E-state index contributed by atoms with van der Waals surface area (Å²) in [6.45, 7) is 0. The predicted octanol–water partition coefficient (Wildman–Crippen LogP) is 6.71. The number of carbonyl (C=O) groups is 1. The minimum atomic E-state index is -1.36. The van der Waals surface area contributed by atoms with Crippen LogP contribution in [0.1, 0.15) is 45.4 Å². The number of hydrogen-bond acceptors (Lipinski definition) is 4. The van der Waals surface area contributed by atoms with Crippen molar-refractivity contribution in [3.05, 3.63) is 133 Å². The molecule has 9 heteroatoms. The SMILES string of the molecule is Cn1cc(C(CC(c2ccc(-c3ccc(C(=O)O)c(F)c3)cc2)c2ccc(Cl)cc2F)N=O)ccc1=O. The fourth-order valence-corrected chi connectivity index (χ4v) is 4.44. The van der Waals surface area contributed by atoms with Gasteiger partial charge in [0, 0.05) is 30.3 Å². The molecule has 6 nitrogen and oxygen atoms in total. The van der Waals surface area contributed by atoms with E-state index in [1.54, 1.807) is 43.4 Å². The van der Waals surface area contributed by atoms with Crippen LogP contribution < -0.4 is 5.56 Å². The zero-order chi connectivity index (χ0) is 26.7. The molecule has 1 aromatic heterocycles. The first-order chi connectivity index (χ1) is 17.7. The molecule has 2 atom stereocenters. The molecule has 2 unspecified atom stereocenters. The van der Waals surface area contributed by atoms with Gasteiger partial charge in [0.25, 0.3) is 0 Å². The molecule has 0 bridgehead atoms. The number of nitrogens with zero attached hydrogens (tertiary/aromatic N) is 2. The van der Waals surface area contributed by atoms with Crippen LogP contribution in [-0.4, -0.2) is 15.6 Å². The number of benzene rings is 3. The Labute approximate surface area is 215 Å². The van der Waals surface area contributed by atoms with E-state index in [1.165, 1.54) is 41.1 Å². The molecule has 0 spiro atoms. The molecule has 0 aliphatic rings. The van der Waals surface area contributed by atoms with Gasteiger partial charge in [-0.3, -0.25) is 4.79 Å². The fraction of sp³-hybridized carbons (Fsp3) is 0.143. The molecule has 4 rings (SSSR count). The minimum absolute atomic E-state index is 0.113. The van der Waals surface area contributed by atoms with Crippen LogP contribution in [0.3, 0.4) is 0 Å². The highest BCUT2D eigenvalue weighted by Gasteiger charge is 2.25. The summed E-state index contributed by atoms with van der Waals surface area (Å²) in [7, 11) is 1.56. The smallest absolute Gasteiger partial charge is 0.338 e. The Morgan fingerprint density at radius 1 is 0.946 bits per heavy atom. The molecule has 3 aromatic carbocycles. The molecule has 0 amide bonds. The van der Waals surface area contributed by atoms with E-state index in [9.17, 15) is 18.9 Å². The Bertz CT molecular complexity index is 1540. The number of aromatic carboxylic acids is 1. The zero-order valence-electron chi connectivity index (χ0n) is 19.6. The van der Waals surface area contributed by atoms with E-state index in [1.807, 2.05) is 0 Å². The van der Waals surface area contributed by atoms with Gasteiger partial charge in [-0.05, 0) is 64.6 Å². The van der Waals surface area contributed by atoms with Gasteiger partial charge in [-0.25, -0.2) is 13.6 Å². The molecule has 1 N–H and O–H groups in total. The summed E-state index contributed by atoms with van der Waals surface area (Å²) in [5.74, 6) is -3.35. The number of pyridine rings is 1. The van der Waals surface area contributed by atoms with Gasteiger partial charge in [-0.1, -0.05) is 53.2 Å². The highest BCUT2D eigenvalue weighted by Crippen LogP contribution is 2.38. The van der Waals surface area contributed by atoms with Crippen molar-refractivity contribution in [2.24, 2.45) is 12.2 Å². The number of aromatic nitrogens is 1. The van der Waals surface area contributed by atoms with Crippen molar-refractivity contribution in [2.45, 2.75) is 18.4 Å². The molecule has 0 fully saturated rings. The molecule has 188 valence electrons. The Morgan fingerprint density at radius 2 is 1.62 bits per heavy atom. The minimum Gasteiger partial charge on any atom is -0.478 e. The van der Waals surface area contributed by atoms with Gasteiger partial charge in [0.05, 0.1) is 5.56 Å². The number of carboxylic acids is 1. The lowest BCUT2D eigenvalue weighted by atomic mass is 9.84. The summed E-state index contributed by atoms with van der Waals surface area (Å²) in [5, 5.41) is 12.5. The van der Waals surface area contributed by atoms with E-state index in [4.69, 9.17) is 16.7 Å². The number of carboxylic acid groups (broad SMARTS) is 1. The first kappa shape index (κ1) is 25.9. The third kappa shape index (κ3) is 5.65. The first-order valence-electron chi connectivity index (χ1n) is 11.2. The second kappa shape index (κ2) is 10.8. The Kier molecular flexibility index (Phi) is 7.59. The summed E-state index contributed by atoms with van der Waals surface area (Å²) >= 11 is 5.95. The topological polar surface area (TPSA) is 88.7 Å². The van der Waals surface area contributed by atoms with Crippen LogP contribution in [0.5, 0.6) is 0 Å². The van der Waals surface area contributed by atoms with Crippen molar-refractivity contribution >= 4 is 17.6 Å². The maximum atomic E-state index is 15.0. The summed E-state index contributed by atoms with van der Waals surface area (Å²) < 4.78 is 30.6. The van der Waals surface area contributed by atoms with E-state index < -0.39 is 35.1 Å². The standard InChI is InChI=1S/C28H21ClF2N2O4/c1-33-15-19(7-11-27(33)34)26(32-37)14-23(21-10-8-20(29)13-25(21)31)17-4-2-16(3-5-17)18-6-9-22(28(35)36)24(30)12-18/h2-13,15,23,26H,14H2,1H3,(H,35,36). The average Bonchev–Trinajstić information content (AvgIpc) is 2.87. The molecule has 0 saturated carbocycles. The van der Waals surface area contributed by atoms with Crippen LogP contribution in [-0.2, 0) is 7.05 Å². The normalized spacial score (nSPS) is 12.6. The molecule has 4 aromatic rings. The number of aryl methyl sites for hydroxylation is 1. The molecular weight excluding hydrogens is 502 g/mol. The Morgan fingerprint density at radius 3 is 2.22 bits per heavy atom. The maximum Gasteiger partial charge on any atom is 0.338 e. The maximum absolute atomic E-state index is 15.0. The van der Waals surface area contributed by atoms with Crippen LogP contribution in [0.15, 0.2) is 89.0 Å². The van der Waals surface area contributed by atoms with E-state index >= 15 is 4.39 Å². The third-order valence-electron chi connectivity index (χ3n) is 6.26. The lowest BCUT2D eigenvalue weighted by molar-refractivity contribution is 0.0692. The van der Waals surface area contributed by atoms with Gasteiger partial charge in [-0.2, -0.15) is 4.91 Å². The third-order valence-corrected chi connectivity index (χ3v) is 6.50. The average molecular weight is 523 g/mol. The fourth-order valence-electron chi connectivity index (χ4n) is 4.28. The van der Waals surface area contributed by atoms with E-state index in [0.717, 1.165) is 6.07 Å². The van der Waals surface area contributed by atoms with Crippen molar-refractivity contribution in [3.63, 3.8) is 0 Å². The van der Waals surface area contributed by atoms with Crippen molar-refractivity contribution < 1.29 is 18.7 Å². The van der Waals surface area contributed by atoms with Crippen LogP contribution in [0, 0.1) is 16.5 Å². The summed E-state index contributed by atoms with van der Waals surface area (Å²) in [4.78, 5) is 34.7. The summed E-state index contributed by atoms with van der Waals surface area (Å²) in [6, 6.07) is 17.0. The van der Waals surface area contributed by atoms with Gasteiger partial charge in [0.1, 0.15) is 17.7 Å². The highest BCUT2D eigenvalue weighted by molar-refractivity contribution is 6.30. The predicted molar refractivity (Wildman–Crippen MR) is 137 cm³/mol. The van der Waals surface area contributed by atoms with Crippen LogP contribution in [0.25, 0.3) is 11.1 Å². The highest BCUT2D eigenvalue weighted by atomic mass is 35.5. The lowest BCUT2D eigenvalue weighted by Gasteiger charge is -2.22. The van der Waals surface area contributed by atoms with E-state index in [-0.39, 0.29) is 17.0 Å². The van der Waals surface area contributed by atoms with Crippen LogP contribution >= 0.6 is 11.6 Å². The van der Waals surface area contributed by atoms with E-state index in [0.29, 0.717) is 27.8 Å². The quantitative estimate of drug-likeness (QED) is 0.260. The second-order valence-electron chi connectivity index (χ2n) is 8.61. The molecule has 0 radical (unpaired) electrons. The van der Waals surface area contributed by atoms with Gasteiger partial charge in [0.2, 0.25) is 5.56 Å². The van der Waals surface area contributed by atoms with Gasteiger partial charge in [-0.15, -0.1) is 0 Å². The van der Waals surface area contributed by atoms with Crippen molar-refractivity contribution in [2.75, 3.05) is 0 Å². The molecular formula is C28H21ClF2N2O4. The van der Waals surface area contributed by atoms with Crippen LogP contribution in [0.2, 0.25) is 5.02 Å². The first-order valence-corrected chi connectivity index (χ1v) is 11.6. The number of hydrogen-bond donors (Lipinski definition) is 1. The van der Waals surface area contributed by atoms with Gasteiger partial charge < -0.3 is 9.67 Å². The largest absolute Gasteiger partial charge is 0.478 e. The van der Waals surface area contributed by atoms with Gasteiger partial charge in [0.15, 0.2) is 0 Å². The number of nitroso groups, excluding NO2 is 1. The molecule has 37 heavy (non-hydrogen) atoms. The Balaban J connectivity index is 1.73. The molecule has 0 aliphatic heterocycles. The second-order valence-corrected chi connectivity index (χ2v) is 9.05. The summed E-state index contributed by atoms with van der Waals surface area (Å²) in [6.07, 6.45) is 1.64. The van der Waals surface area contributed by atoms with Gasteiger partial charge >= 0.3 is 5.97 Å². The monoisotopic (exact) mass is 522 g/mol. The van der Waals surface area contributed by atoms with Crippen molar-refractivity contribution in [1.29, 1.82) is 0 Å². The number of halogens is 3. The van der Waals surface area contributed by atoms with Crippen molar-refractivity contribution in [3.8, 4) is 11.1 Å². The van der Waals surface area contributed by atoms with Crippen molar-refractivity contribution in [1.82, 2.24) is 4.57 Å².